The number of sulfone groups is 1. The van der Waals surface area contributed by atoms with E-state index in [-0.39, 0.29) is 34.0 Å². The van der Waals surface area contributed by atoms with E-state index in [2.05, 4.69) is 0 Å². The first kappa shape index (κ1) is 19.9. The summed E-state index contributed by atoms with van der Waals surface area (Å²) in [5, 5.41) is 21.1. The highest BCUT2D eigenvalue weighted by atomic mass is 32.2. The largest absolute Gasteiger partial charge is 0.507 e. The van der Waals surface area contributed by atoms with E-state index < -0.39 is 33.9 Å². The molecule has 2 atom stereocenters. The Bertz CT molecular complexity index is 1050. The summed E-state index contributed by atoms with van der Waals surface area (Å²) in [4.78, 5) is 26.3. The topological polar surface area (TPSA) is 121 Å². The molecule has 1 heterocycles. The number of amides is 1. The highest BCUT2D eigenvalue weighted by molar-refractivity contribution is 7.91. The van der Waals surface area contributed by atoms with Gasteiger partial charge in [-0.3, -0.25) is 4.79 Å². The Balaban J connectivity index is 1.76. The summed E-state index contributed by atoms with van der Waals surface area (Å²) in [7, 11) is -1.69. The third kappa shape index (κ3) is 3.75. The third-order valence-electron chi connectivity index (χ3n) is 4.95. The number of hydrogen-bond acceptors (Lipinski definition) is 7. The van der Waals surface area contributed by atoms with Gasteiger partial charge in [-0.25, -0.2) is 13.2 Å². The monoisotopic (exact) mass is 407 g/mol. The van der Waals surface area contributed by atoms with Crippen LogP contribution in [0.2, 0.25) is 0 Å². The van der Waals surface area contributed by atoms with Crippen molar-refractivity contribution >= 4 is 32.5 Å². The molecule has 0 spiro atoms. The van der Waals surface area contributed by atoms with E-state index in [0.717, 1.165) is 6.07 Å². The van der Waals surface area contributed by atoms with Gasteiger partial charge in [-0.2, -0.15) is 0 Å². The van der Waals surface area contributed by atoms with Crippen LogP contribution in [-0.2, 0) is 19.4 Å². The number of likely N-dealkylation sites (N-methyl/N-ethyl adjacent to an activating group) is 1. The lowest BCUT2D eigenvalue weighted by Crippen LogP contribution is -2.44. The van der Waals surface area contributed by atoms with E-state index in [0.29, 0.717) is 11.8 Å². The number of esters is 1. The zero-order valence-electron chi connectivity index (χ0n) is 15.5. The van der Waals surface area contributed by atoms with Crippen molar-refractivity contribution in [1.29, 1.82) is 0 Å². The van der Waals surface area contributed by atoms with Gasteiger partial charge in [0.15, 0.2) is 15.9 Å². The molecule has 0 bridgehead atoms. The Kier molecular flexibility index (Phi) is 5.20. The lowest BCUT2D eigenvalue weighted by Gasteiger charge is -2.26. The van der Waals surface area contributed by atoms with Crippen molar-refractivity contribution in [3.63, 3.8) is 0 Å². The van der Waals surface area contributed by atoms with Crippen LogP contribution in [0, 0.1) is 0 Å². The van der Waals surface area contributed by atoms with Gasteiger partial charge >= 0.3 is 5.97 Å². The minimum absolute atomic E-state index is 0.0215. The summed E-state index contributed by atoms with van der Waals surface area (Å²) in [6, 6.07) is 7.09. The van der Waals surface area contributed by atoms with Gasteiger partial charge in [-0.05, 0) is 19.4 Å². The Morgan fingerprint density at radius 2 is 1.86 bits per heavy atom. The van der Waals surface area contributed by atoms with Gasteiger partial charge in [-0.1, -0.05) is 24.3 Å². The van der Waals surface area contributed by atoms with Gasteiger partial charge in [0.25, 0.3) is 5.91 Å². The number of phenols is 2. The number of nitrogens with zero attached hydrogens (tertiary/aromatic N) is 1. The predicted octanol–water partition coefficient (Wildman–Crippen LogP) is 1.44. The molecule has 1 saturated heterocycles. The maximum atomic E-state index is 12.5. The fourth-order valence-corrected chi connectivity index (χ4v) is 5.09. The van der Waals surface area contributed by atoms with Crippen LogP contribution < -0.4 is 0 Å². The van der Waals surface area contributed by atoms with E-state index in [4.69, 9.17) is 4.74 Å². The SMILES string of the molecule is C[C@H](OC(=O)c1cc(O)c2ccccc2c1O)C(=O)N(C)[C@H]1CCS(=O)(=O)C1. The molecule has 9 heteroatoms. The van der Waals surface area contributed by atoms with Crippen molar-refractivity contribution in [2.45, 2.75) is 25.5 Å². The number of aromatic hydroxyl groups is 2. The van der Waals surface area contributed by atoms with Crippen LogP contribution in [0.15, 0.2) is 30.3 Å². The molecular formula is C19H21NO7S. The van der Waals surface area contributed by atoms with Crippen LogP contribution in [-0.4, -0.2) is 66.1 Å². The summed E-state index contributed by atoms with van der Waals surface area (Å²) in [5.41, 5.74) is -0.262. The molecule has 0 saturated carbocycles. The molecule has 2 N–H and O–H groups in total. The highest BCUT2D eigenvalue weighted by Gasteiger charge is 2.35. The van der Waals surface area contributed by atoms with E-state index >= 15 is 0 Å². The number of fused-ring (bicyclic) bond motifs is 1. The summed E-state index contributed by atoms with van der Waals surface area (Å²) < 4.78 is 28.4. The average Bonchev–Trinajstić information content (AvgIpc) is 3.03. The molecule has 150 valence electrons. The van der Waals surface area contributed by atoms with Crippen molar-refractivity contribution in [2.24, 2.45) is 0 Å². The molecule has 1 fully saturated rings. The third-order valence-corrected chi connectivity index (χ3v) is 6.70. The minimum atomic E-state index is -3.16. The Morgan fingerprint density at radius 1 is 1.21 bits per heavy atom. The molecule has 0 aromatic heterocycles. The number of carbonyl (C=O) groups is 2. The molecule has 8 nitrogen and oxygen atoms in total. The first-order valence-electron chi connectivity index (χ1n) is 8.72. The maximum Gasteiger partial charge on any atom is 0.342 e. The molecule has 1 aliphatic rings. The summed E-state index contributed by atoms with van der Waals surface area (Å²) in [6.45, 7) is 1.37. The number of benzene rings is 2. The number of rotatable bonds is 4. The van der Waals surface area contributed by atoms with Gasteiger partial charge in [0.05, 0.1) is 11.5 Å². The molecule has 2 aromatic carbocycles. The Hall–Kier alpha value is -2.81. The van der Waals surface area contributed by atoms with Crippen LogP contribution >= 0.6 is 0 Å². The first-order valence-corrected chi connectivity index (χ1v) is 10.5. The highest BCUT2D eigenvalue weighted by Crippen LogP contribution is 2.35. The van der Waals surface area contributed by atoms with Crippen LogP contribution in [0.1, 0.15) is 23.7 Å². The lowest BCUT2D eigenvalue weighted by molar-refractivity contribution is -0.140. The van der Waals surface area contributed by atoms with Gasteiger partial charge in [0, 0.05) is 23.9 Å². The molecule has 1 amide bonds. The zero-order chi connectivity index (χ0) is 20.6. The summed E-state index contributed by atoms with van der Waals surface area (Å²) in [5.74, 6) is -2.16. The number of hydrogen-bond donors (Lipinski definition) is 2. The van der Waals surface area contributed by atoms with E-state index in [9.17, 15) is 28.2 Å². The van der Waals surface area contributed by atoms with Crippen LogP contribution in [0.25, 0.3) is 10.8 Å². The molecule has 1 aliphatic heterocycles. The van der Waals surface area contributed by atoms with Crippen LogP contribution in [0.5, 0.6) is 11.5 Å². The lowest BCUT2D eigenvalue weighted by atomic mass is 10.0. The molecule has 0 aliphatic carbocycles. The van der Waals surface area contributed by atoms with Crippen molar-refractivity contribution in [1.82, 2.24) is 4.90 Å². The Labute approximate surface area is 162 Å². The van der Waals surface area contributed by atoms with Crippen molar-refractivity contribution in [3.8, 4) is 11.5 Å². The number of phenolic OH excluding ortho intramolecular Hbond substituents is 2. The normalized spacial score (nSPS) is 19.3. The number of carbonyl (C=O) groups excluding carboxylic acids is 2. The second kappa shape index (κ2) is 7.31. The minimum Gasteiger partial charge on any atom is -0.507 e. The summed E-state index contributed by atoms with van der Waals surface area (Å²) >= 11 is 0. The standard InChI is InChI=1S/C19H21NO7S/c1-11(18(23)20(2)12-7-8-28(25,26)10-12)27-19(24)15-9-16(21)13-5-3-4-6-14(13)17(15)22/h3-6,9,11-12,21-22H,7-8,10H2,1-2H3/t11-,12-/m0/s1. The molecular weight excluding hydrogens is 386 g/mol. The molecule has 28 heavy (non-hydrogen) atoms. The van der Waals surface area contributed by atoms with Gasteiger partial charge in [0.2, 0.25) is 0 Å². The zero-order valence-corrected chi connectivity index (χ0v) is 16.3. The molecule has 3 rings (SSSR count). The van der Waals surface area contributed by atoms with Gasteiger partial charge < -0.3 is 19.8 Å². The van der Waals surface area contributed by atoms with Gasteiger partial charge in [-0.15, -0.1) is 0 Å². The van der Waals surface area contributed by atoms with Crippen LogP contribution in [0.4, 0.5) is 0 Å². The second-order valence-corrected chi connectivity index (χ2v) is 9.12. The van der Waals surface area contributed by atoms with Crippen molar-refractivity contribution < 1.29 is 33.0 Å². The summed E-state index contributed by atoms with van der Waals surface area (Å²) in [6.07, 6.45) is -0.848. The van der Waals surface area contributed by atoms with E-state index in [1.807, 2.05) is 0 Å². The molecule has 2 aromatic rings. The first-order chi connectivity index (χ1) is 13.1. The van der Waals surface area contributed by atoms with Gasteiger partial charge in [0.1, 0.15) is 17.1 Å². The van der Waals surface area contributed by atoms with E-state index in [1.54, 1.807) is 24.3 Å². The van der Waals surface area contributed by atoms with Crippen molar-refractivity contribution in [3.05, 3.63) is 35.9 Å². The molecule has 0 radical (unpaired) electrons. The maximum absolute atomic E-state index is 12.5. The number of ether oxygens (including phenoxy) is 1. The van der Waals surface area contributed by atoms with E-state index in [1.165, 1.54) is 18.9 Å². The van der Waals surface area contributed by atoms with Crippen LogP contribution in [0.3, 0.4) is 0 Å². The Morgan fingerprint density at radius 3 is 2.46 bits per heavy atom. The quantitative estimate of drug-likeness (QED) is 0.581. The molecule has 0 unspecified atom stereocenters. The average molecular weight is 407 g/mol. The predicted molar refractivity (Wildman–Crippen MR) is 102 cm³/mol. The van der Waals surface area contributed by atoms with Crippen molar-refractivity contribution in [2.75, 3.05) is 18.6 Å². The smallest absolute Gasteiger partial charge is 0.342 e. The second-order valence-electron chi connectivity index (χ2n) is 6.89. The fraction of sp³-hybridized carbons (Fsp3) is 0.368. The fourth-order valence-electron chi connectivity index (χ4n) is 3.32.